The van der Waals surface area contributed by atoms with E-state index in [2.05, 4.69) is 32.5 Å². The third kappa shape index (κ3) is 2.11. The van der Waals surface area contributed by atoms with Crippen LogP contribution in [0.25, 0.3) is 27.5 Å². The van der Waals surface area contributed by atoms with Crippen LogP contribution in [0.1, 0.15) is 6.92 Å². The molecule has 0 bridgehead atoms. The molecule has 0 N–H and O–H groups in total. The number of rotatable bonds is 2. The van der Waals surface area contributed by atoms with Gasteiger partial charge >= 0.3 is 0 Å². The molecule has 2 aromatic heterocycles. The summed E-state index contributed by atoms with van der Waals surface area (Å²) in [5, 5.41) is 6.35. The minimum atomic E-state index is -0.0946. The molecule has 0 atom stereocenters. The second-order valence-electron chi connectivity index (χ2n) is 5.36. The van der Waals surface area contributed by atoms with Gasteiger partial charge in [-0.15, -0.1) is 0 Å². The van der Waals surface area contributed by atoms with Gasteiger partial charge in [-0.3, -0.25) is 4.79 Å². The molecule has 2 heterocycles. The first-order valence-corrected chi connectivity index (χ1v) is 8.25. The molecule has 0 fully saturated rings. The van der Waals surface area contributed by atoms with Gasteiger partial charge in [0.2, 0.25) is 0 Å². The second-order valence-corrected chi connectivity index (χ2v) is 6.28. The Morgan fingerprint density at radius 1 is 1.04 bits per heavy atom. The third-order valence-electron chi connectivity index (χ3n) is 4.09. The summed E-state index contributed by atoms with van der Waals surface area (Å²) in [7, 11) is 0. The Bertz CT molecular complexity index is 1080. The van der Waals surface area contributed by atoms with Crippen LogP contribution in [0, 0.1) is 0 Å². The summed E-state index contributed by atoms with van der Waals surface area (Å²) >= 11 is 3.41. The van der Waals surface area contributed by atoms with Crippen molar-refractivity contribution in [3.63, 3.8) is 0 Å². The van der Waals surface area contributed by atoms with E-state index in [0.717, 1.165) is 33.0 Å². The van der Waals surface area contributed by atoms with Gasteiger partial charge in [-0.1, -0.05) is 34.1 Å². The Morgan fingerprint density at radius 2 is 1.78 bits per heavy atom. The van der Waals surface area contributed by atoms with Crippen molar-refractivity contribution in [1.29, 1.82) is 0 Å². The smallest absolute Gasteiger partial charge is 0.296 e. The van der Waals surface area contributed by atoms with Crippen molar-refractivity contribution < 1.29 is 0 Å². The Hall–Kier alpha value is -2.40. The predicted molar refractivity (Wildman–Crippen MR) is 96.2 cm³/mol. The number of fused-ring (bicyclic) bond motifs is 3. The van der Waals surface area contributed by atoms with E-state index in [1.165, 1.54) is 4.68 Å². The van der Waals surface area contributed by atoms with E-state index < -0.39 is 0 Å². The molecular weight excluding hydrogens is 354 g/mol. The molecule has 4 nitrogen and oxygen atoms in total. The zero-order chi connectivity index (χ0) is 16.0. The molecule has 0 amide bonds. The number of nitrogens with zero attached hydrogens (tertiary/aromatic N) is 3. The van der Waals surface area contributed by atoms with Gasteiger partial charge in [-0.05, 0) is 37.3 Å². The average molecular weight is 368 g/mol. The van der Waals surface area contributed by atoms with E-state index in [0.29, 0.717) is 5.52 Å². The van der Waals surface area contributed by atoms with Crippen LogP contribution in [-0.4, -0.2) is 14.3 Å². The fraction of sp³-hybridized carbons (Fsp3) is 0.111. The number of benzene rings is 2. The topological polar surface area (TPSA) is 39.8 Å². The number of hydrogen-bond donors (Lipinski definition) is 0. The molecule has 0 aliphatic carbocycles. The lowest BCUT2D eigenvalue weighted by Crippen LogP contribution is -2.22. The number of hydrogen-bond acceptors (Lipinski definition) is 2. The first-order valence-electron chi connectivity index (χ1n) is 7.46. The predicted octanol–water partition coefficient (Wildman–Crippen LogP) is 4.12. The molecule has 0 spiro atoms. The van der Waals surface area contributed by atoms with Crippen molar-refractivity contribution in [2.45, 2.75) is 13.5 Å². The van der Waals surface area contributed by atoms with Crippen molar-refractivity contribution in [1.82, 2.24) is 14.3 Å². The SMILES string of the molecule is CCn1c2ccccc2c2cnn(-c3ccc(Br)cc3)c(=O)c21. The van der Waals surface area contributed by atoms with Gasteiger partial charge in [-0.25, -0.2) is 0 Å². The van der Waals surface area contributed by atoms with Crippen molar-refractivity contribution in [3.8, 4) is 5.69 Å². The molecule has 114 valence electrons. The van der Waals surface area contributed by atoms with E-state index in [1.54, 1.807) is 6.20 Å². The summed E-state index contributed by atoms with van der Waals surface area (Å²) < 4.78 is 4.49. The second kappa shape index (κ2) is 5.35. The minimum Gasteiger partial charge on any atom is -0.336 e. The Balaban J connectivity index is 2.11. The lowest BCUT2D eigenvalue weighted by atomic mass is 10.2. The maximum atomic E-state index is 13.0. The molecule has 4 rings (SSSR count). The molecule has 23 heavy (non-hydrogen) atoms. The molecule has 2 aromatic carbocycles. The highest BCUT2D eigenvalue weighted by Crippen LogP contribution is 2.26. The molecule has 0 unspecified atom stereocenters. The minimum absolute atomic E-state index is 0.0946. The standard InChI is InChI=1S/C18H14BrN3O/c1-2-21-16-6-4-3-5-14(16)15-11-20-22(18(23)17(15)21)13-9-7-12(19)8-10-13/h3-11H,2H2,1H3. The van der Waals surface area contributed by atoms with Crippen LogP contribution < -0.4 is 5.56 Å². The summed E-state index contributed by atoms with van der Waals surface area (Å²) in [6, 6.07) is 15.6. The highest BCUT2D eigenvalue weighted by Gasteiger charge is 2.15. The van der Waals surface area contributed by atoms with Gasteiger partial charge in [0, 0.05) is 27.3 Å². The lowest BCUT2D eigenvalue weighted by molar-refractivity contribution is 0.783. The first kappa shape index (κ1) is 14.2. The van der Waals surface area contributed by atoms with Crippen molar-refractivity contribution >= 4 is 37.7 Å². The molecule has 4 aromatic rings. The Kier molecular flexibility index (Phi) is 3.31. The van der Waals surface area contributed by atoms with E-state index in [-0.39, 0.29) is 5.56 Å². The quantitative estimate of drug-likeness (QED) is 0.534. The number of halogens is 1. The van der Waals surface area contributed by atoms with E-state index in [1.807, 2.05) is 48.5 Å². The monoisotopic (exact) mass is 367 g/mol. The number of aryl methyl sites for hydroxylation is 1. The zero-order valence-electron chi connectivity index (χ0n) is 12.5. The average Bonchev–Trinajstić information content (AvgIpc) is 2.91. The molecule has 0 saturated heterocycles. The molecular formula is C18H14BrN3O. The Labute approximate surface area is 141 Å². The zero-order valence-corrected chi connectivity index (χ0v) is 14.1. The summed E-state index contributed by atoms with van der Waals surface area (Å²) in [4.78, 5) is 13.0. The summed E-state index contributed by atoms with van der Waals surface area (Å²) in [5.74, 6) is 0. The van der Waals surface area contributed by atoms with Crippen LogP contribution in [0.2, 0.25) is 0 Å². The van der Waals surface area contributed by atoms with Gasteiger partial charge < -0.3 is 4.57 Å². The highest BCUT2D eigenvalue weighted by molar-refractivity contribution is 9.10. The van der Waals surface area contributed by atoms with Crippen LogP contribution in [0.3, 0.4) is 0 Å². The van der Waals surface area contributed by atoms with Crippen LogP contribution in [-0.2, 0) is 6.54 Å². The molecule has 0 aliphatic rings. The van der Waals surface area contributed by atoms with Gasteiger partial charge in [0.15, 0.2) is 0 Å². The molecule has 5 heteroatoms. The number of aromatic nitrogens is 3. The number of para-hydroxylation sites is 1. The molecule has 0 saturated carbocycles. The lowest BCUT2D eigenvalue weighted by Gasteiger charge is -2.06. The van der Waals surface area contributed by atoms with Crippen molar-refractivity contribution in [2.24, 2.45) is 0 Å². The maximum Gasteiger partial charge on any atom is 0.296 e. The van der Waals surface area contributed by atoms with Crippen molar-refractivity contribution in [3.05, 3.63) is 69.6 Å². The van der Waals surface area contributed by atoms with E-state index in [9.17, 15) is 4.79 Å². The van der Waals surface area contributed by atoms with Gasteiger partial charge in [0.1, 0.15) is 5.52 Å². The fourth-order valence-corrected chi connectivity index (χ4v) is 3.32. The summed E-state index contributed by atoms with van der Waals surface area (Å²) in [6.45, 7) is 2.79. The summed E-state index contributed by atoms with van der Waals surface area (Å²) in [6.07, 6.45) is 1.78. The fourth-order valence-electron chi connectivity index (χ4n) is 3.05. The van der Waals surface area contributed by atoms with Crippen LogP contribution in [0.5, 0.6) is 0 Å². The van der Waals surface area contributed by atoms with Gasteiger partial charge in [0.05, 0.1) is 11.9 Å². The maximum absolute atomic E-state index is 13.0. The van der Waals surface area contributed by atoms with E-state index >= 15 is 0 Å². The molecule has 0 aliphatic heterocycles. The van der Waals surface area contributed by atoms with Crippen LogP contribution in [0.4, 0.5) is 0 Å². The summed E-state index contributed by atoms with van der Waals surface area (Å²) in [5.41, 5.74) is 2.43. The van der Waals surface area contributed by atoms with Crippen molar-refractivity contribution in [2.75, 3.05) is 0 Å². The molecule has 0 radical (unpaired) electrons. The van der Waals surface area contributed by atoms with E-state index in [4.69, 9.17) is 0 Å². The largest absolute Gasteiger partial charge is 0.336 e. The van der Waals surface area contributed by atoms with Crippen LogP contribution in [0.15, 0.2) is 64.0 Å². The van der Waals surface area contributed by atoms with Gasteiger partial charge in [0.25, 0.3) is 5.56 Å². The normalized spacial score (nSPS) is 11.4. The van der Waals surface area contributed by atoms with Crippen LogP contribution >= 0.6 is 15.9 Å². The van der Waals surface area contributed by atoms with Gasteiger partial charge in [-0.2, -0.15) is 9.78 Å². The first-order chi connectivity index (χ1) is 11.2. The third-order valence-corrected chi connectivity index (χ3v) is 4.62. The Morgan fingerprint density at radius 3 is 2.52 bits per heavy atom. The highest BCUT2D eigenvalue weighted by atomic mass is 79.9.